The van der Waals surface area contributed by atoms with E-state index in [0.29, 0.717) is 0 Å². The Hall–Kier alpha value is -1.65. The first-order valence-electron chi connectivity index (χ1n) is 8.30. The highest BCUT2D eigenvalue weighted by molar-refractivity contribution is 7.48. The van der Waals surface area contributed by atoms with Crippen molar-refractivity contribution in [2.45, 2.75) is 24.9 Å². The Bertz CT molecular complexity index is 786. The fourth-order valence-corrected chi connectivity index (χ4v) is 4.54. The van der Waals surface area contributed by atoms with Gasteiger partial charge in [-0.05, 0) is 23.3 Å². The summed E-state index contributed by atoms with van der Waals surface area (Å²) in [4.78, 5) is 0. The zero-order valence-corrected chi connectivity index (χ0v) is 15.2. The first-order valence-corrected chi connectivity index (χ1v) is 9.76. The van der Waals surface area contributed by atoms with E-state index >= 15 is 0 Å². The molecule has 3 saturated heterocycles. The molecule has 0 saturated carbocycles. The third-order valence-electron chi connectivity index (χ3n) is 4.84. The molecule has 0 N–H and O–H groups in total. The van der Waals surface area contributed by atoms with Gasteiger partial charge >= 0.3 is 7.82 Å². The van der Waals surface area contributed by atoms with Crippen molar-refractivity contribution < 1.29 is 22.9 Å². The fourth-order valence-electron chi connectivity index (χ4n) is 3.14. The molecule has 0 aliphatic carbocycles. The van der Waals surface area contributed by atoms with Crippen LogP contribution in [0.4, 0.5) is 0 Å². The number of rotatable bonds is 4. The Morgan fingerprint density at radius 1 is 0.920 bits per heavy atom. The minimum Gasteiger partial charge on any atom is -0.480 e. The van der Waals surface area contributed by atoms with E-state index < -0.39 is 13.4 Å². The number of hydrogen-bond acceptors (Lipinski definition) is 5. The molecule has 3 aliphatic rings. The van der Waals surface area contributed by atoms with Crippen LogP contribution in [0.25, 0.3) is 0 Å². The SMILES string of the molecule is CC(C)(c1ccccc1)c1cccc(OC23COP(=O)(OC2)OC3)c1. The topological polar surface area (TPSA) is 54.0 Å². The lowest BCUT2D eigenvalue weighted by Gasteiger charge is -2.43. The van der Waals surface area contributed by atoms with Crippen LogP contribution in [-0.2, 0) is 23.6 Å². The Morgan fingerprint density at radius 2 is 1.52 bits per heavy atom. The fraction of sp³-hybridized carbons (Fsp3) is 0.368. The number of phosphoric ester groups is 1. The lowest BCUT2D eigenvalue weighted by atomic mass is 9.78. The van der Waals surface area contributed by atoms with Crippen LogP contribution in [-0.4, -0.2) is 25.4 Å². The van der Waals surface area contributed by atoms with Gasteiger partial charge in [-0.3, -0.25) is 13.6 Å². The number of hydrogen-bond donors (Lipinski definition) is 0. The molecule has 0 atom stereocenters. The Kier molecular flexibility index (Phi) is 4.00. The van der Waals surface area contributed by atoms with Crippen LogP contribution in [0.3, 0.4) is 0 Å². The Labute approximate surface area is 147 Å². The lowest BCUT2D eigenvalue weighted by molar-refractivity contribution is -0.137. The molecule has 132 valence electrons. The van der Waals surface area contributed by atoms with Gasteiger partial charge in [0.05, 0.1) is 0 Å². The van der Waals surface area contributed by atoms with Gasteiger partial charge in [-0.1, -0.05) is 56.3 Å². The molecule has 2 aromatic carbocycles. The molecule has 5 rings (SSSR count). The quantitative estimate of drug-likeness (QED) is 0.761. The van der Waals surface area contributed by atoms with E-state index in [2.05, 4.69) is 32.0 Å². The molecule has 3 heterocycles. The summed E-state index contributed by atoms with van der Waals surface area (Å²) < 4.78 is 33.6. The van der Waals surface area contributed by atoms with E-state index in [1.807, 2.05) is 36.4 Å². The van der Waals surface area contributed by atoms with Crippen molar-refractivity contribution in [3.05, 3.63) is 65.7 Å². The molecule has 6 heteroatoms. The molecule has 2 aromatic rings. The highest BCUT2D eigenvalue weighted by Crippen LogP contribution is 2.58. The molecular weight excluding hydrogens is 339 g/mol. The summed E-state index contributed by atoms with van der Waals surface area (Å²) in [5.74, 6) is 0.718. The summed E-state index contributed by atoms with van der Waals surface area (Å²) in [6.45, 7) is 4.99. The molecule has 5 nitrogen and oxygen atoms in total. The van der Waals surface area contributed by atoms with Gasteiger partial charge in [0.25, 0.3) is 0 Å². The van der Waals surface area contributed by atoms with Gasteiger partial charge in [-0.25, -0.2) is 4.57 Å². The third kappa shape index (κ3) is 3.13. The summed E-state index contributed by atoms with van der Waals surface area (Å²) in [5, 5.41) is 0. The molecule has 0 unspecified atom stereocenters. The van der Waals surface area contributed by atoms with Gasteiger partial charge in [-0.15, -0.1) is 0 Å². The van der Waals surface area contributed by atoms with Crippen molar-refractivity contribution in [3.63, 3.8) is 0 Å². The number of ether oxygens (including phenoxy) is 1. The van der Waals surface area contributed by atoms with Gasteiger partial charge in [0.1, 0.15) is 25.6 Å². The standard InChI is InChI=1S/C19H21O5P/c1-18(2,15-7-4-3-5-8-15)16-9-6-10-17(11-16)24-19-12-21-25(20,22-13-19)23-14-19/h3-11H,12-14H2,1-2H3. The van der Waals surface area contributed by atoms with Crippen LogP contribution in [0, 0.1) is 0 Å². The minimum atomic E-state index is -3.33. The summed E-state index contributed by atoms with van der Waals surface area (Å²) in [6, 6.07) is 18.4. The Morgan fingerprint density at radius 3 is 2.16 bits per heavy atom. The van der Waals surface area contributed by atoms with Crippen LogP contribution in [0.2, 0.25) is 0 Å². The predicted octanol–water partition coefficient (Wildman–Crippen LogP) is 4.32. The van der Waals surface area contributed by atoms with Gasteiger partial charge in [0.2, 0.25) is 0 Å². The molecule has 3 aliphatic heterocycles. The first kappa shape index (κ1) is 16.8. The van der Waals surface area contributed by atoms with E-state index in [9.17, 15) is 4.57 Å². The summed E-state index contributed by atoms with van der Waals surface area (Å²) >= 11 is 0. The molecule has 25 heavy (non-hydrogen) atoms. The molecule has 0 spiro atoms. The van der Waals surface area contributed by atoms with E-state index in [4.69, 9.17) is 18.3 Å². The Balaban J connectivity index is 1.59. The smallest absolute Gasteiger partial charge is 0.475 e. The largest absolute Gasteiger partial charge is 0.480 e. The second-order valence-corrected chi connectivity index (χ2v) is 8.74. The normalized spacial score (nSPS) is 28.7. The van der Waals surface area contributed by atoms with Crippen LogP contribution in [0.5, 0.6) is 5.75 Å². The molecule has 0 radical (unpaired) electrons. The van der Waals surface area contributed by atoms with Crippen molar-refractivity contribution in [3.8, 4) is 5.75 Å². The average Bonchev–Trinajstić information content (AvgIpc) is 2.64. The number of benzene rings is 2. The summed E-state index contributed by atoms with van der Waals surface area (Å²) in [5.41, 5.74) is 1.47. The maximum absolute atomic E-state index is 11.9. The molecule has 0 aromatic heterocycles. The van der Waals surface area contributed by atoms with Crippen LogP contribution in [0.1, 0.15) is 25.0 Å². The molecule has 0 amide bonds. The predicted molar refractivity (Wildman–Crippen MR) is 93.8 cm³/mol. The van der Waals surface area contributed by atoms with E-state index in [1.54, 1.807) is 0 Å². The van der Waals surface area contributed by atoms with Gasteiger partial charge in [-0.2, -0.15) is 0 Å². The molecule has 2 bridgehead atoms. The van der Waals surface area contributed by atoms with Crippen molar-refractivity contribution >= 4 is 7.82 Å². The van der Waals surface area contributed by atoms with Crippen molar-refractivity contribution in [2.24, 2.45) is 0 Å². The second kappa shape index (κ2) is 5.96. The maximum Gasteiger partial charge on any atom is 0.475 e. The summed E-state index contributed by atoms with van der Waals surface area (Å²) in [7, 11) is -3.33. The first-order chi connectivity index (χ1) is 11.9. The van der Waals surface area contributed by atoms with Crippen LogP contribution < -0.4 is 4.74 Å². The molecular formula is C19H21O5P. The maximum atomic E-state index is 11.9. The highest BCUT2D eigenvalue weighted by Gasteiger charge is 2.52. The second-order valence-electron chi connectivity index (χ2n) is 7.07. The van der Waals surface area contributed by atoms with Gasteiger partial charge in [0, 0.05) is 5.41 Å². The van der Waals surface area contributed by atoms with Crippen molar-refractivity contribution in [1.82, 2.24) is 0 Å². The number of fused-ring (bicyclic) bond motifs is 3. The minimum absolute atomic E-state index is 0.156. The number of phosphoric acid groups is 1. The van der Waals surface area contributed by atoms with E-state index in [-0.39, 0.29) is 25.2 Å². The third-order valence-corrected chi connectivity index (χ3v) is 6.18. The van der Waals surface area contributed by atoms with Crippen LogP contribution >= 0.6 is 7.82 Å². The lowest BCUT2D eigenvalue weighted by Crippen LogP contribution is -2.55. The van der Waals surface area contributed by atoms with E-state index in [1.165, 1.54) is 5.56 Å². The van der Waals surface area contributed by atoms with Gasteiger partial charge in [0.15, 0.2) is 5.60 Å². The van der Waals surface area contributed by atoms with Crippen molar-refractivity contribution in [2.75, 3.05) is 19.8 Å². The van der Waals surface area contributed by atoms with Crippen molar-refractivity contribution in [1.29, 1.82) is 0 Å². The molecule has 3 fully saturated rings. The average molecular weight is 360 g/mol. The zero-order chi connectivity index (χ0) is 17.5. The van der Waals surface area contributed by atoms with Gasteiger partial charge < -0.3 is 4.74 Å². The summed E-state index contributed by atoms with van der Waals surface area (Å²) in [6.07, 6.45) is 0. The zero-order valence-electron chi connectivity index (χ0n) is 14.3. The van der Waals surface area contributed by atoms with Crippen LogP contribution in [0.15, 0.2) is 54.6 Å². The van der Waals surface area contributed by atoms with E-state index in [0.717, 1.165) is 11.3 Å². The highest BCUT2D eigenvalue weighted by atomic mass is 31.2. The monoisotopic (exact) mass is 360 g/mol.